The normalized spacial score (nSPS) is 23.1. The lowest BCUT2D eigenvalue weighted by atomic mass is 9.74. The predicted octanol–water partition coefficient (Wildman–Crippen LogP) is 3.87. The monoisotopic (exact) mass is 462 g/mol. The second-order valence-corrected chi connectivity index (χ2v) is 10.00. The third-order valence-electron chi connectivity index (χ3n) is 7.75. The Hall–Kier alpha value is -3.35. The first-order valence-electron chi connectivity index (χ1n) is 12.0. The number of rotatable bonds is 7. The molecule has 2 heterocycles. The number of nitrogens with zero attached hydrogens (tertiary/aromatic N) is 1. The van der Waals surface area contributed by atoms with Crippen LogP contribution in [0, 0.1) is 17.8 Å². The zero-order valence-corrected chi connectivity index (χ0v) is 19.4. The van der Waals surface area contributed by atoms with Crippen molar-refractivity contribution in [3.8, 4) is 11.1 Å². The Kier molecular flexibility index (Phi) is 5.80. The van der Waals surface area contributed by atoms with Gasteiger partial charge in [-0.1, -0.05) is 62.4 Å². The minimum absolute atomic E-state index is 0.0253. The van der Waals surface area contributed by atoms with Crippen LogP contribution in [0.2, 0.25) is 0 Å². The number of ether oxygens (including phenoxy) is 1. The van der Waals surface area contributed by atoms with Gasteiger partial charge in [0.2, 0.25) is 5.91 Å². The number of carbonyl (C=O) groups is 3. The molecule has 2 bridgehead atoms. The molecule has 6 rings (SSSR count). The lowest BCUT2D eigenvalue weighted by molar-refractivity contribution is -0.148. The summed E-state index contributed by atoms with van der Waals surface area (Å²) in [4.78, 5) is 38.8. The molecule has 34 heavy (non-hydrogen) atoms. The van der Waals surface area contributed by atoms with Crippen LogP contribution in [0.1, 0.15) is 43.7 Å². The Balaban J connectivity index is 1.20. The first kappa shape index (κ1) is 22.4. The minimum Gasteiger partial charge on any atom is -0.481 e. The van der Waals surface area contributed by atoms with E-state index in [1.165, 1.54) is 11.1 Å². The Labute approximate surface area is 199 Å². The van der Waals surface area contributed by atoms with Crippen LogP contribution in [0.15, 0.2) is 48.5 Å². The van der Waals surface area contributed by atoms with Gasteiger partial charge in [-0.15, -0.1) is 0 Å². The molecule has 2 amide bonds. The molecule has 2 aromatic rings. The molecule has 4 aliphatic rings. The van der Waals surface area contributed by atoms with Gasteiger partial charge in [0.15, 0.2) is 0 Å². The molecule has 7 heteroatoms. The smallest absolute Gasteiger partial charge is 0.407 e. The first-order valence-corrected chi connectivity index (χ1v) is 12.0. The van der Waals surface area contributed by atoms with E-state index in [9.17, 15) is 19.5 Å². The van der Waals surface area contributed by atoms with Crippen LogP contribution < -0.4 is 5.32 Å². The number of alkyl carbamates (subject to hydrolysis) is 1. The molecule has 0 radical (unpaired) electrons. The number of hydrogen-bond acceptors (Lipinski definition) is 4. The van der Waals surface area contributed by atoms with E-state index in [0.29, 0.717) is 6.54 Å². The van der Waals surface area contributed by atoms with Crippen molar-refractivity contribution in [2.75, 3.05) is 13.2 Å². The quantitative estimate of drug-likeness (QED) is 0.651. The van der Waals surface area contributed by atoms with Crippen LogP contribution >= 0.6 is 0 Å². The van der Waals surface area contributed by atoms with E-state index in [1.54, 1.807) is 4.90 Å². The van der Waals surface area contributed by atoms with E-state index in [0.717, 1.165) is 17.5 Å². The number of nitrogens with one attached hydrogen (secondary N) is 1. The van der Waals surface area contributed by atoms with Crippen LogP contribution in [-0.4, -0.2) is 53.2 Å². The summed E-state index contributed by atoms with van der Waals surface area (Å²) < 4.78 is 5.65. The SMILES string of the molecule is CC(C)[C@@H](CC(=O)N1CC2CC1C2C(=O)O)NC(=O)OCC1c2ccccc2-c2ccccc21. The third kappa shape index (κ3) is 3.83. The number of amides is 2. The summed E-state index contributed by atoms with van der Waals surface area (Å²) in [5.74, 6) is -1.32. The second kappa shape index (κ2) is 8.78. The van der Waals surface area contributed by atoms with Crippen LogP contribution in [-0.2, 0) is 14.3 Å². The van der Waals surface area contributed by atoms with Crippen molar-refractivity contribution in [3.05, 3.63) is 59.7 Å². The molecule has 2 aliphatic carbocycles. The number of hydrogen-bond donors (Lipinski definition) is 2. The molecule has 3 unspecified atom stereocenters. The van der Waals surface area contributed by atoms with Gasteiger partial charge in [0, 0.05) is 31.0 Å². The van der Waals surface area contributed by atoms with E-state index in [4.69, 9.17) is 4.74 Å². The zero-order valence-electron chi connectivity index (χ0n) is 19.4. The number of carbonyl (C=O) groups excluding carboxylic acids is 2. The third-order valence-corrected chi connectivity index (χ3v) is 7.75. The van der Waals surface area contributed by atoms with Crippen molar-refractivity contribution in [2.24, 2.45) is 17.8 Å². The lowest BCUT2D eigenvalue weighted by Crippen LogP contribution is -2.47. The summed E-state index contributed by atoms with van der Waals surface area (Å²) in [6, 6.07) is 15.7. The maximum absolute atomic E-state index is 12.9. The van der Waals surface area contributed by atoms with Crippen LogP contribution in [0.3, 0.4) is 0 Å². The molecular formula is C27H30N2O5. The van der Waals surface area contributed by atoms with Crippen LogP contribution in [0.25, 0.3) is 11.1 Å². The maximum atomic E-state index is 12.9. The summed E-state index contributed by atoms with van der Waals surface area (Å²) in [6.07, 6.45) is 0.356. The highest BCUT2D eigenvalue weighted by molar-refractivity contribution is 5.82. The summed E-state index contributed by atoms with van der Waals surface area (Å²) in [7, 11) is 0. The molecule has 2 aliphatic heterocycles. The molecular weight excluding hydrogens is 432 g/mol. The topological polar surface area (TPSA) is 95.9 Å². The summed E-state index contributed by atoms with van der Waals surface area (Å²) in [5, 5.41) is 12.2. The van der Waals surface area contributed by atoms with Gasteiger partial charge in [0.1, 0.15) is 6.61 Å². The van der Waals surface area contributed by atoms with Gasteiger partial charge < -0.3 is 20.1 Å². The van der Waals surface area contributed by atoms with Gasteiger partial charge in [0.25, 0.3) is 0 Å². The minimum atomic E-state index is -0.825. The molecule has 2 saturated heterocycles. The van der Waals surface area contributed by atoms with Gasteiger partial charge in [0.05, 0.1) is 5.92 Å². The number of fused-ring (bicyclic) bond motifs is 4. The van der Waals surface area contributed by atoms with Crippen LogP contribution in [0.4, 0.5) is 4.79 Å². The largest absolute Gasteiger partial charge is 0.481 e. The van der Waals surface area contributed by atoms with E-state index in [1.807, 2.05) is 38.1 Å². The fourth-order valence-electron chi connectivity index (χ4n) is 5.82. The molecule has 2 N–H and O–H groups in total. The number of aliphatic carboxylic acids is 1. The average Bonchev–Trinajstić information content (AvgIpc) is 3.48. The van der Waals surface area contributed by atoms with E-state index < -0.39 is 18.0 Å². The fourth-order valence-corrected chi connectivity index (χ4v) is 5.82. The standard InChI is InChI=1S/C27H30N2O5/c1-15(2)22(12-24(30)29-13-16-11-23(29)25(16)26(31)32)28-27(33)34-14-21-19-9-5-3-7-17(19)18-8-4-6-10-20(18)21/h3-10,15-16,21-23,25H,11-14H2,1-2H3,(H,28,33)(H,31,32)/t16?,22-,23?,25?/m1/s1. The highest BCUT2D eigenvalue weighted by Crippen LogP contribution is 2.47. The van der Waals surface area contributed by atoms with E-state index >= 15 is 0 Å². The van der Waals surface area contributed by atoms with Crippen LogP contribution in [0.5, 0.6) is 0 Å². The average molecular weight is 463 g/mol. The van der Waals surface area contributed by atoms with Crippen molar-refractivity contribution in [1.82, 2.24) is 10.2 Å². The van der Waals surface area contributed by atoms with Gasteiger partial charge >= 0.3 is 12.1 Å². The Morgan fingerprint density at radius 1 is 1.06 bits per heavy atom. The van der Waals surface area contributed by atoms with Crippen molar-refractivity contribution >= 4 is 18.0 Å². The summed E-state index contributed by atoms with van der Waals surface area (Å²) in [5.41, 5.74) is 4.63. The van der Waals surface area contributed by atoms with E-state index in [-0.39, 0.29) is 48.8 Å². The van der Waals surface area contributed by atoms with E-state index in [2.05, 4.69) is 29.6 Å². The van der Waals surface area contributed by atoms with Crippen molar-refractivity contribution in [1.29, 1.82) is 0 Å². The van der Waals surface area contributed by atoms with Gasteiger partial charge in [-0.05, 0) is 40.5 Å². The maximum Gasteiger partial charge on any atom is 0.407 e. The summed E-state index contributed by atoms with van der Waals surface area (Å²) in [6.45, 7) is 4.61. The second-order valence-electron chi connectivity index (χ2n) is 10.00. The molecule has 0 spiro atoms. The van der Waals surface area contributed by atoms with Crippen molar-refractivity contribution in [2.45, 2.75) is 44.7 Å². The number of carboxylic acids is 1. The number of benzene rings is 2. The highest BCUT2D eigenvalue weighted by Gasteiger charge is 2.57. The molecule has 4 atom stereocenters. The molecule has 178 valence electrons. The van der Waals surface area contributed by atoms with Gasteiger partial charge in [-0.3, -0.25) is 9.59 Å². The molecule has 1 saturated carbocycles. The van der Waals surface area contributed by atoms with Gasteiger partial charge in [-0.2, -0.15) is 0 Å². The Morgan fingerprint density at radius 3 is 2.24 bits per heavy atom. The Bertz CT molecular complexity index is 1080. The fraction of sp³-hybridized carbons (Fsp3) is 0.444. The Morgan fingerprint density at radius 2 is 1.68 bits per heavy atom. The van der Waals surface area contributed by atoms with Crippen molar-refractivity contribution < 1.29 is 24.2 Å². The molecule has 0 aromatic heterocycles. The predicted molar refractivity (Wildman–Crippen MR) is 126 cm³/mol. The zero-order chi connectivity index (χ0) is 24.0. The highest BCUT2D eigenvalue weighted by atomic mass is 16.5. The van der Waals surface area contributed by atoms with Gasteiger partial charge in [-0.25, -0.2) is 4.79 Å². The molecule has 3 fully saturated rings. The molecule has 7 nitrogen and oxygen atoms in total. The van der Waals surface area contributed by atoms with Crippen molar-refractivity contribution in [3.63, 3.8) is 0 Å². The lowest BCUT2D eigenvalue weighted by Gasteiger charge is -2.33. The first-order chi connectivity index (χ1) is 16.3. The number of carboxylic acid groups (broad SMARTS) is 1. The molecule has 2 aromatic carbocycles. The summed E-state index contributed by atoms with van der Waals surface area (Å²) >= 11 is 0.